The number of hydrogen-bond donors (Lipinski definition) is 2. The second-order valence-electron chi connectivity index (χ2n) is 4.94. The molecule has 1 amide bonds. The zero-order chi connectivity index (χ0) is 15.7. The number of aromatic nitrogens is 4. The number of carboxylic acid groups (broad SMARTS) is 1. The van der Waals surface area contributed by atoms with Gasteiger partial charge in [-0.1, -0.05) is 0 Å². The van der Waals surface area contributed by atoms with Crippen LogP contribution in [-0.2, 0) is 11.8 Å². The first kappa shape index (κ1) is 14.0. The van der Waals surface area contributed by atoms with Crippen LogP contribution in [0.2, 0.25) is 0 Å². The van der Waals surface area contributed by atoms with Gasteiger partial charge in [-0.3, -0.25) is 9.48 Å². The molecule has 9 heteroatoms. The highest BCUT2D eigenvalue weighted by atomic mass is 16.4. The number of anilines is 2. The van der Waals surface area contributed by atoms with Crippen LogP contribution in [0.1, 0.15) is 16.9 Å². The molecule has 1 aliphatic heterocycles. The number of carbonyl (C=O) groups is 2. The lowest BCUT2D eigenvalue weighted by Gasteiger charge is -2.15. The number of carboxylic acids is 1. The van der Waals surface area contributed by atoms with Crippen LogP contribution in [0.15, 0.2) is 24.8 Å². The van der Waals surface area contributed by atoms with E-state index in [9.17, 15) is 9.59 Å². The molecule has 9 nitrogen and oxygen atoms in total. The SMILES string of the molecule is Cn1cc(N2CCC(Nc3cnc(C(=O)O)cn3)C2=O)cn1. The summed E-state index contributed by atoms with van der Waals surface area (Å²) >= 11 is 0. The quantitative estimate of drug-likeness (QED) is 0.825. The second-order valence-corrected chi connectivity index (χ2v) is 4.94. The van der Waals surface area contributed by atoms with Gasteiger partial charge in [-0.05, 0) is 6.42 Å². The molecule has 0 saturated carbocycles. The summed E-state index contributed by atoms with van der Waals surface area (Å²) < 4.78 is 1.64. The number of carbonyl (C=O) groups excluding carboxylic acids is 1. The Labute approximate surface area is 125 Å². The van der Waals surface area contributed by atoms with Crippen LogP contribution in [-0.4, -0.2) is 49.3 Å². The van der Waals surface area contributed by atoms with Gasteiger partial charge >= 0.3 is 5.97 Å². The first-order valence-corrected chi connectivity index (χ1v) is 6.66. The summed E-state index contributed by atoms with van der Waals surface area (Å²) in [7, 11) is 1.79. The van der Waals surface area contributed by atoms with Crippen molar-refractivity contribution in [2.24, 2.45) is 7.05 Å². The normalized spacial score (nSPS) is 17.8. The van der Waals surface area contributed by atoms with Gasteiger partial charge in [0.1, 0.15) is 11.9 Å². The predicted molar refractivity (Wildman–Crippen MR) is 76.6 cm³/mol. The molecule has 2 N–H and O–H groups in total. The van der Waals surface area contributed by atoms with E-state index in [1.54, 1.807) is 29.0 Å². The number of aromatic carboxylic acids is 1. The molecule has 0 radical (unpaired) electrons. The minimum Gasteiger partial charge on any atom is -0.476 e. The maximum atomic E-state index is 12.4. The molecule has 1 fully saturated rings. The molecule has 1 saturated heterocycles. The molecule has 0 aliphatic carbocycles. The van der Waals surface area contributed by atoms with E-state index in [2.05, 4.69) is 20.4 Å². The van der Waals surface area contributed by atoms with Crippen molar-refractivity contribution in [2.75, 3.05) is 16.8 Å². The Hall–Kier alpha value is -2.97. The van der Waals surface area contributed by atoms with Gasteiger partial charge in [-0.25, -0.2) is 14.8 Å². The molecule has 2 aromatic rings. The number of nitrogens with zero attached hydrogens (tertiary/aromatic N) is 5. The summed E-state index contributed by atoms with van der Waals surface area (Å²) in [6.07, 6.45) is 6.51. The molecule has 1 unspecified atom stereocenters. The fraction of sp³-hybridized carbons (Fsp3) is 0.308. The van der Waals surface area contributed by atoms with Gasteiger partial charge < -0.3 is 15.3 Å². The molecule has 0 bridgehead atoms. The van der Waals surface area contributed by atoms with Crippen molar-refractivity contribution >= 4 is 23.4 Å². The first-order valence-electron chi connectivity index (χ1n) is 6.66. The van der Waals surface area contributed by atoms with Crippen LogP contribution in [0.4, 0.5) is 11.5 Å². The average Bonchev–Trinajstić information content (AvgIpc) is 3.07. The van der Waals surface area contributed by atoms with E-state index >= 15 is 0 Å². The fourth-order valence-corrected chi connectivity index (χ4v) is 2.31. The third-order valence-corrected chi connectivity index (χ3v) is 3.40. The molecule has 3 rings (SSSR count). The van der Waals surface area contributed by atoms with Crippen LogP contribution in [0, 0.1) is 0 Å². The number of rotatable bonds is 4. The van der Waals surface area contributed by atoms with Crippen molar-refractivity contribution in [2.45, 2.75) is 12.5 Å². The Morgan fingerprint density at radius 2 is 2.18 bits per heavy atom. The minimum atomic E-state index is -1.14. The van der Waals surface area contributed by atoms with Crippen LogP contribution >= 0.6 is 0 Å². The molecule has 2 aromatic heterocycles. The lowest BCUT2D eigenvalue weighted by molar-refractivity contribution is -0.117. The van der Waals surface area contributed by atoms with Gasteiger partial charge in [0.2, 0.25) is 5.91 Å². The van der Waals surface area contributed by atoms with Gasteiger partial charge in [0, 0.05) is 19.8 Å². The zero-order valence-corrected chi connectivity index (χ0v) is 11.8. The highest BCUT2D eigenvalue weighted by molar-refractivity contribution is 6.00. The lowest BCUT2D eigenvalue weighted by atomic mass is 10.2. The Morgan fingerprint density at radius 3 is 2.77 bits per heavy atom. The Morgan fingerprint density at radius 1 is 1.36 bits per heavy atom. The monoisotopic (exact) mass is 302 g/mol. The molecule has 0 spiro atoms. The van der Waals surface area contributed by atoms with Crippen molar-refractivity contribution in [1.82, 2.24) is 19.7 Å². The van der Waals surface area contributed by atoms with Crippen molar-refractivity contribution in [3.05, 3.63) is 30.5 Å². The van der Waals surface area contributed by atoms with E-state index in [0.717, 1.165) is 11.9 Å². The standard InChI is InChI=1S/C13H14N6O3/c1-18-7-8(4-16-18)19-3-2-9(12(19)20)17-11-6-14-10(5-15-11)13(21)22/h4-7,9H,2-3H2,1H3,(H,15,17)(H,21,22). The summed E-state index contributed by atoms with van der Waals surface area (Å²) in [6, 6.07) is -0.412. The third kappa shape index (κ3) is 2.60. The summed E-state index contributed by atoms with van der Waals surface area (Å²) in [5.41, 5.74) is 0.615. The summed E-state index contributed by atoms with van der Waals surface area (Å²) in [6.45, 7) is 0.586. The zero-order valence-electron chi connectivity index (χ0n) is 11.8. The summed E-state index contributed by atoms with van der Waals surface area (Å²) in [5, 5.41) is 15.8. The van der Waals surface area contributed by atoms with E-state index in [1.807, 2.05) is 0 Å². The lowest BCUT2D eigenvalue weighted by Crippen LogP contribution is -2.33. The number of nitrogens with one attached hydrogen (secondary N) is 1. The van der Waals surface area contributed by atoms with Crippen LogP contribution < -0.4 is 10.2 Å². The molecule has 3 heterocycles. The Bertz CT molecular complexity index is 711. The van der Waals surface area contributed by atoms with Gasteiger partial charge in [0.25, 0.3) is 0 Å². The predicted octanol–water partition coefficient (Wildman–Crippen LogP) is 0.126. The molecule has 0 aromatic carbocycles. The van der Waals surface area contributed by atoms with Gasteiger partial charge in [-0.2, -0.15) is 5.10 Å². The minimum absolute atomic E-state index is 0.0721. The highest BCUT2D eigenvalue weighted by Gasteiger charge is 2.33. The van der Waals surface area contributed by atoms with Crippen LogP contribution in [0.5, 0.6) is 0 Å². The van der Waals surface area contributed by atoms with E-state index in [0.29, 0.717) is 18.8 Å². The van der Waals surface area contributed by atoms with Gasteiger partial charge in [0.15, 0.2) is 5.69 Å². The van der Waals surface area contributed by atoms with Crippen LogP contribution in [0.3, 0.4) is 0 Å². The van der Waals surface area contributed by atoms with Crippen molar-refractivity contribution in [3.63, 3.8) is 0 Å². The first-order chi connectivity index (χ1) is 10.5. The van der Waals surface area contributed by atoms with Gasteiger partial charge in [-0.15, -0.1) is 0 Å². The smallest absolute Gasteiger partial charge is 0.356 e. The van der Waals surface area contributed by atoms with E-state index in [4.69, 9.17) is 5.11 Å². The molecule has 1 atom stereocenters. The van der Waals surface area contributed by atoms with E-state index in [1.165, 1.54) is 6.20 Å². The Balaban J connectivity index is 1.69. The fourth-order valence-electron chi connectivity index (χ4n) is 2.31. The molecule has 22 heavy (non-hydrogen) atoms. The average molecular weight is 302 g/mol. The van der Waals surface area contributed by atoms with E-state index < -0.39 is 12.0 Å². The second kappa shape index (κ2) is 5.43. The maximum Gasteiger partial charge on any atom is 0.356 e. The number of aryl methyl sites for hydroxylation is 1. The van der Waals surface area contributed by atoms with Crippen molar-refractivity contribution < 1.29 is 14.7 Å². The third-order valence-electron chi connectivity index (χ3n) is 3.40. The van der Waals surface area contributed by atoms with Crippen molar-refractivity contribution in [1.29, 1.82) is 0 Å². The summed E-state index contributed by atoms with van der Waals surface area (Å²) in [5.74, 6) is -0.841. The largest absolute Gasteiger partial charge is 0.476 e. The molecular weight excluding hydrogens is 288 g/mol. The highest BCUT2D eigenvalue weighted by Crippen LogP contribution is 2.22. The number of hydrogen-bond acceptors (Lipinski definition) is 6. The van der Waals surface area contributed by atoms with Crippen molar-refractivity contribution in [3.8, 4) is 0 Å². The van der Waals surface area contributed by atoms with Gasteiger partial charge in [0.05, 0.1) is 24.3 Å². The van der Waals surface area contributed by atoms with Crippen LogP contribution in [0.25, 0.3) is 0 Å². The topological polar surface area (TPSA) is 113 Å². The molecular formula is C13H14N6O3. The molecule has 1 aliphatic rings. The molecule has 114 valence electrons. The maximum absolute atomic E-state index is 12.4. The summed E-state index contributed by atoms with van der Waals surface area (Å²) in [4.78, 5) is 32.5. The number of amides is 1. The Kier molecular flexibility index (Phi) is 3.45. The van der Waals surface area contributed by atoms with E-state index in [-0.39, 0.29) is 11.6 Å².